The molecule has 0 radical (unpaired) electrons. The van der Waals surface area contributed by atoms with Crippen LogP contribution in [0.2, 0.25) is 0 Å². The Kier molecular flexibility index (Phi) is 11.6. The number of nitrogens with two attached hydrogens (primary N) is 1. The lowest BCUT2D eigenvalue weighted by Gasteiger charge is -2.43. The van der Waals surface area contributed by atoms with Crippen LogP contribution < -0.4 is 21.1 Å². The van der Waals surface area contributed by atoms with Crippen LogP contribution in [0.25, 0.3) is 11.1 Å². The smallest absolute Gasteiger partial charge is 0.357 e. The maximum absolute atomic E-state index is 13.9. The highest BCUT2D eigenvalue weighted by atomic mass is 16.5. The predicted molar refractivity (Wildman–Crippen MR) is 199 cm³/mol. The van der Waals surface area contributed by atoms with Crippen molar-refractivity contribution in [2.45, 2.75) is 52.2 Å². The molecule has 1 aliphatic rings. The minimum Gasteiger partial charge on any atom is -0.481 e. The standard InChI is InChI=1S/C39H44N8O5/c1-24(2)22-39(18-20-47(21-19-39)25(3)40)46-36(48)31-16-14-30(34(44-31)38(50)52-23-26-8-6-5-7-9-26)29-15-17-32(51-4)45-33(29)37(49)43-28-12-10-27(11-13-28)35(41)42/h5-17,24,40H,18-23H2,1-4H3,(H3,41,42)(H,43,49)(H,46,48). The van der Waals surface area contributed by atoms with E-state index in [9.17, 15) is 14.4 Å². The second-order valence-electron chi connectivity index (χ2n) is 13.3. The van der Waals surface area contributed by atoms with E-state index in [0.717, 1.165) is 12.0 Å². The van der Waals surface area contributed by atoms with Crippen LogP contribution in [-0.2, 0) is 11.3 Å². The molecule has 5 rings (SSSR count). The van der Waals surface area contributed by atoms with Crippen molar-refractivity contribution in [1.29, 1.82) is 10.8 Å². The quantitative estimate of drug-likeness (QED) is 0.0703. The number of likely N-dealkylation sites (tertiary alicyclic amines) is 1. The van der Waals surface area contributed by atoms with Crippen LogP contribution in [0.4, 0.5) is 5.69 Å². The van der Waals surface area contributed by atoms with Crippen LogP contribution in [0.15, 0.2) is 78.9 Å². The van der Waals surface area contributed by atoms with Gasteiger partial charge in [-0.15, -0.1) is 0 Å². The van der Waals surface area contributed by atoms with Crippen molar-refractivity contribution in [2.24, 2.45) is 11.7 Å². The van der Waals surface area contributed by atoms with E-state index >= 15 is 0 Å². The number of rotatable bonds is 12. The van der Waals surface area contributed by atoms with Crippen molar-refractivity contribution < 1.29 is 23.9 Å². The zero-order valence-corrected chi connectivity index (χ0v) is 29.8. The average molecular weight is 705 g/mol. The Bertz CT molecular complexity index is 1960. The van der Waals surface area contributed by atoms with E-state index in [-0.39, 0.29) is 46.5 Å². The first kappa shape index (κ1) is 37.2. The van der Waals surface area contributed by atoms with Crippen LogP contribution in [-0.4, -0.2) is 70.1 Å². The Morgan fingerprint density at radius 2 is 1.54 bits per heavy atom. The minimum atomic E-state index is -0.790. The lowest BCUT2D eigenvalue weighted by Crippen LogP contribution is -2.56. The largest absolute Gasteiger partial charge is 0.481 e. The van der Waals surface area contributed by atoms with E-state index in [1.807, 2.05) is 35.2 Å². The molecule has 0 bridgehead atoms. The molecule has 1 fully saturated rings. The molecule has 0 unspecified atom stereocenters. The SMILES string of the molecule is COc1ccc(-c2ccc(C(=O)NC3(CC(C)C)CCN(C(C)=N)CC3)nc2C(=O)OCc2ccccc2)c(C(=O)Nc2ccc(C(=N)N)cc2)n1. The highest BCUT2D eigenvalue weighted by Gasteiger charge is 2.37. The summed E-state index contributed by atoms with van der Waals surface area (Å²) in [6, 6.07) is 21.8. The fourth-order valence-electron chi connectivity index (χ4n) is 6.36. The fourth-order valence-corrected chi connectivity index (χ4v) is 6.36. The molecule has 1 saturated heterocycles. The van der Waals surface area contributed by atoms with Gasteiger partial charge in [0.2, 0.25) is 5.88 Å². The molecular formula is C39H44N8O5. The predicted octanol–water partition coefficient (Wildman–Crippen LogP) is 5.65. The third-order valence-electron chi connectivity index (χ3n) is 8.94. The van der Waals surface area contributed by atoms with E-state index in [0.29, 0.717) is 48.9 Å². The number of piperidine rings is 1. The van der Waals surface area contributed by atoms with Crippen LogP contribution >= 0.6 is 0 Å². The molecule has 270 valence electrons. The van der Waals surface area contributed by atoms with Gasteiger partial charge in [-0.25, -0.2) is 14.8 Å². The molecule has 13 nitrogen and oxygen atoms in total. The number of hydrogen-bond donors (Lipinski definition) is 5. The van der Waals surface area contributed by atoms with Gasteiger partial charge < -0.3 is 30.7 Å². The number of hydrogen-bond acceptors (Lipinski definition) is 9. The number of anilines is 1. The number of carbonyl (C=O) groups excluding carboxylic acids is 3. The number of aromatic nitrogens is 2. The van der Waals surface area contributed by atoms with Gasteiger partial charge in [0.15, 0.2) is 5.69 Å². The van der Waals surface area contributed by atoms with Gasteiger partial charge in [-0.1, -0.05) is 44.2 Å². The van der Waals surface area contributed by atoms with Crippen molar-refractivity contribution in [3.8, 4) is 17.0 Å². The average Bonchev–Trinajstić information content (AvgIpc) is 3.13. The van der Waals surface area contributed by atoms with E-state index in [1.54, 1.807) is 49.4 Å². The minimum absolute atomic E-state index is 0.0160. The number of carbonyl (C=O) groups is 3. The molecule has 4 aromatic rings. The Hall–Kier alpha value is -6.11. The molecule has 0 aliphatic carbocycles. The van der Waals surface area contributed by atoms with E-state index < -0.39 is 23.3 Å². The van der Waals surface area contributed by atoms with Gasteiger partial charge in [0, 0.05) is 47.1 Å². The number of nitrogens with zero attached hydrogens (tertiary/aromatic N) is 3. The first-order valence-corrected chi connectivity index (χ1v) is 17.0. The number of pyridine rings is 2. The third kappa shape index (κ3) is 8.97. The van der Waals surface area contributed by atoms with Crippen LogP contribution in [0.1, 0.15) is 82.6 Å². The fraction of sp³-hybridized carbons (Fsp3) is 0.308. The van der Waals surface area contributed by atoms with Crippen LogP contribution in [0.5, 0.6) is 5.88 Å². The lowest BCUT2D eigenvalue weighted by atomic mass is 9.80. The molecule has 1 aliphatic heterocycles. The molecule has 52 heavy (non-hydrogen) atoms. The summed E-state index contributed by atoms with van der Waals surface area (Å²) in [6.45, 7) is 7.21. The highest BCUT2D eigenvalue weighted by Crippen LogP contribution is 2.32. The van der Waals surface area contributed by atoms with E-state index in [2.05, 4.69) is 34.4 Å². The van der Waals surface area contributed by atoms with Crippen molar-refractivity contribution in [1.82, 2.24) is 20.2 Å². The van der Waals surface area contributed by atoms with Crippen LogP contribution in [0, 0.1) is 16.7 Å². The number of nitrogens with one attached hydrogen (secondary N) is 4. The zero-order chi connectivity index (χ0) is 37.4. The molecule has 2 amide bonds. The van der Waals surface area contributed by atoms with Gasteiger partial charge in [0.05, 0.1) is 12.9 Å². The number of ether oxygens (including phenoxy) is 2. The second-order valence-corrected chi connectivity index (χ2v) is 13.3. The first-order chi connectivity index (χ1) is 24.9. The summed E-state index contributed by atoms with van der Waals surface area (Å²) in [5, 5.41) is 21.7. The van der Waals surface area contributed by atoms with Gasteiger partial charge >= 0.3 is 5.97 Å². The summed E-state index contributed by atoms with van der Waals surface area (Å²) >= 11 is 0. The number of amidine groups is 2. The Morgan fingerprint density at radius 3 is 2.15 bits per heavy atom. The first-order valence-electron chi connectivity index (χ1n) is 17.0. The number of esters is 1. The maximum Gasteiger partial charge on any atom is 0.357 e. The second kappa shape index (κ2) is 16.3. The van der Waals surface area contributed by atoms with Crippen molar-refractivity contribution >= 4 is 35.1 Å². The van der Waals surface area contributed by atoms with Crippen molar-refractivity contribution in [3.05, 3.63) is 107 Å². The normalized spacial score (nSPS) is 13.6. The Labute approximate surface area is 303 Å². The summed E-state index contributed by atoms with van der Waals surface area (Å²) in [5.74, 6) is -0.983. The van der Waals surface area contributed by atoms with Gasteiger partial charge in [-0.3, -0.25) is 20.4 Å². The van der Waals surface area contributed by atoms with Crippen molar-refractivity contribution in [2.75, 3.05) is 25.5 Å². The molecule has 2 aromatic carbocycles. The molecule has 6 N–H and O–H groups in total. The van der Waals surface area contributed by atoms with Gasteiger partial charge in [0.25, 0.3) is 11.8 Å². The molecule has 0 spiro atoms. The summed E-state index contributed by atoms with van der Waals surface area (Å²) in [7, 11) is 1.42. The molecule has 3 heterocycles. The number of amides is 2. The maximum atomic E-state index is 13.9. The molecule has 0 saturated carbocycles. The number of nitrogen functional groups attached to an aromatic ring is 1. The molecule has 13 heteroatoms. The van der Waals surface area contributed by atoms with Crippen molar-refractivity contribution in [3.63, 3.8) is 0 Å². The molecular weight excluding hydrogens is 660 g/mol. The zero-order valence-electron chi connectivity index (χ0n) is 29.8. The third-order valence-corrected chi connectivity index (χ3v) is 8.94. The van der Waals surface area contributed by atoms with Gasteiger partial charge in [-0.05, 0) is 80.1 Å². The summed E-state index contributed by atoms with van der Waals surface area (Å²) < 4.78 is 11.0. The Balaban J connectivity index is 1.52. The highest BCUT2D eigenvalue weighted by molar-refractivity contribution is 6.09. The van der Waals surface area contributed by atoms with E-state index in [1.165, 1.54) is 13.2 Å². The summed E-state index contributed by atoms with van der Waals surface area (Å²) in [6.07, 6.45) is 2.05. The van der Waals surface area contributed by atoms with E-state index in [4.69, 9.17) is 26.0 Å². The summed E-state index contributed by atoms with van der Waals surface area (Å²) in [5.41, 5.74) is 7.02. The number of benzene rings is 2. The van der Waals surface area contributed by atoms with Gasteiger partial charge in [0.1, 0.15) is 23.8 Å². The topological polar surface area (TPSA) is 196 Å². The van der Waals surface area contributed by atoms with Gasteiger partial charge in [-0.2, -0.15) is 0 Å². The van der Waals surface area contributed by atoms with Crippen LogP contribution in [0.3, 0.4) is 0 Å². The Morgan fingerprint density at radius 1 is 0.885 bits per heavy atom. The lowest BCUT2D eigenvalue weighted by molar-refractivity contribution is 0.0466. The molecule has 0 atom stereocenters. The monoisotopic (exact) mass is 704 g/mol. The summed E-state index contributed by atoms with van der Waals surface area (Å²) in [4.78, 5) is 52.6. The molecule has 2 aromatic heterocycles. The number of methoxy groups -OCH3 is 1.